The molecule has 0 bridgehead atoms. The summed E-state index contributed by atoms with van der Waals surface area (Å²) in [5.74, 6) is 1.76. The Hall–Kier alpha value is -7.63. The minimum Gasteiger partial charge on any atom is -0.455 e. The first-order valence-electron chi connectivity index (χ1n) is 18.8. The molecule has 11 aromatic rings. The summed E-state index contributed by atoms with van der Waals surface area (Å²) in [5, 5.41) is 4.45. The van der Waals surface area contributed by atoms with Gasteiger partial charge in [-0.15, -0.1) is 0 Å². The second kappa shape index (κ2) is 13.0. The van der Waals surface area contributed by atoms with Crippen LogP contribution in [0.5, 0.6) is 0 Å². The molecule has 0 atom stereocenters. The highest BCUT2D eigenvalue weighted by Gasteiger charge is 2.20. The molecule has 262 valence electrons. The standard InChI is InChI=1S/C51H32N4O/c1-4-15-33(16-5-1)35-19-12-20-37(31-35)50-52-49(34-17-6-2-7-18-34)53-51(54-50)43-27-14-26-42-41-25-13-24-39(47(41)56-48(42)43)36-29-30-46-44(32-36)40-23-10-11-28-45(40)55(46)38-21-8-3-9-22-38/h1-32H. The van der Waals surface area contributed by atoms with Gasteiger partial charge in [0, 0.05) is 43.9 Å². The Kier molecular flexibility index (Phi) is 7.42. The molecule has 56 heavy (non-hydrogen) atoms. The maximum absolute atomic E-state index is 6.96. The molecular formula is C51H32N4O. The van der Waals surface area contributed by atoms with Gasteiger partial charge >= 0.3 is 0 Å². The van der Waals surface area contributed by atoms with Crippen molar-refractivity contribution in [2.24, 2.45) is 0 Å². The highest BCUT2D eigenvalue weighted by atomic mass is 16.3. The third-order valence-corrected chi connectivity index (χ3v) is 10.7. The molecule has 0 fully saturated rings. The fourth-order valence-electron chi connectivity index (χ4n) is 8.03. The van der Waals surface area contributed by atoms with Crippen LogP contribution in [0.1, 0.15) is 0 Å². The molecule has 3 heterocycles. The molecular weight excluding hydrogens is 685 g/mol. The van der Waals surface area contributed by atoms with E-state index in [1.165, 1.54) is 16.3 Å². The van der Waals surface area contributed by atoms with E-state index in [1.807, 2.05) is 42.5 Å². The first-order chi connectivity index (χ1) is 27.8. The molecule has 0 amide bonds. The Morgan fingerprint density at radius 1 is 0.321 bits per heavy atom. The summed E-state index contributed by atoms with van der Waals surface area (Å²) in [7, 11) is 0. The predicted octanol–water partition coefficient (Wildman–Crippen LogP) is 13.2. The van der Waals surface area contributed by atoms with Gasteiger partial charge in [-0.1, -0.05) is 152 Å². The maximum atomic E-state index is 6.96. The van der Waals surface area contributed by atoms with Gasteiger partial charge in [0.15, 0.2) is 17.5 Å². The molecule has 0 saturated carbocycles. The summed E-state index contributed by atoms with van der Waals surface area (Å²) < 4.78 is 9.30. The third kappa shape index (κ3) is 5.29. The van der Waals surface area contributed by atoms with E-state index in [4.69, 9.17) is 19.4 Å². The van der Waals surface area contributed by atoms with Crippen LogP contribution in [-0.4, -0.2) is 19.5 Å². The fraction of sp³-hybridized carbons (Fsp3) is 0. The average Bonchev–Trinajstić information content (AvgIpc) is 3.83. The van der Waals surface area contributed by atoms with Crippen molar-refractivity contribution < 1.29 is 4.42 Å². The molecule has 0 unspecified atom stereocenters. The van der Waals surface area contributed by atoms with E-state index in [-0.39, 0.29) is 0 Å². The number of fused-ring (bicyclic) bond motifs is 6. The zero-order chi connectivity index (χ0) is 37.0. The molecule has 8 aromatic carbocycles. The Bertz CT molecular complexity index is 3240. The highest BCUT2D eigenvalue weighted by Crippen LogP contribution is 2.42. The van der Waals surface area contributed by atoms with Gasteiger partial charge in [0.25, 0.3) is 0 Å². The molecule has 5 nitrogen and oxygen atoms in total. The molecule has 0 aliphatic heterocycles. The van der Waals surface area contributed by atoms with Crippen LogP contribution in [0, 0.1) is 0 Å². The van der Waals surface area contributed by atoms with Crippen LogP contribution in [0.25, 0.3) is 106 Å². The number of benzene rings is 8. The van der Waals surface area contributed by atoms with Gasteiger partial charge in [-0.05, 0) is 59.2 Å². The normalized spacial score (nSPS) is 11.6. The maximum Gasteiger partial charge on any atom is 0.167 e. The summed E-state index contributed by atoms with van der Waals surface area (Å²) >= 11 is 0. The quantitative estimate of drug-likeness (QED) is 0.172. The number of rotatable bonds is 6. The summed E-state index contributed by atoms with van der Waals surface area (Å²) in [6, 6.07) is 67.4. The van der Waals surface area contributed by atoms with Gasteiger partial charge in [-0.25, -0.2) is 15.0 Å². The van der Waals surface area contributed by atoms with Crippen molar-refractivity contribution in [1.82, 2.24) is 19.5 Å². The average molecular weight is 717 g/mol. The predicted molar refractivity (Wildman–Crippen MR) is 229 cm³/mol. The minimum atomic E-state index is 0.556. The largest absolute Gasteiger partial charge is 0.455 e. The van der Waals surface area contributed by atoms with Crippen molar-refractivity contribution in [3.05, 3.63) is 194 Å². The summed E-state index contributed by atoms with van der Waals surface area (Å²) in [4.78, 5) is 15.3. The lowest BCUT2D eigenvalue weighted by Gasteiger charge is -2.10. The zero-order valence-corrected chi connectivity index (χ0v) is 30.2. The van der Waals surface area contributed by atoms with Crippen molar-refractivity contribution in [2.45, 2.75) is 0 Å². The van der Waals surface area contributed by atoms with E-state index in [0.717, 1.165) is 72.1 Å². The molecule has 0 spiro atoms. The van der Waals surface area contributed by atoms with Gasteiger partial charge in [0.2, 0.25) is 0 Å². The van der Waals surface area contributed by atoms with Crippen molar-refractivity contribution >= 4 is 43.7 Å². The number of hydrogen-bond donors (Lipinski definition) is 0. The van der Waals surface area contributed by atoms with Crippen LogP contribution in [0.2, 0.25) is 0 Å². The van der Waals surface area contributed by atoms with E-state index in [1.54, 1.807) is 0 Å². The van der Waals surface area contributed by atoms with Crippen LogP contribution in [0.15, 0.2) is 199 Å². The Morgan fingerprint density at radius 2 is 0.857 bits per heavy atom. The molecule has 0 aliphatic rings. The fourth-order valence-corrected chi connectivity index (χ4v) is 8.03. The molecule has 11 rings (SSSR count). The van der Waals surface area contributed by atoms with E-state index in [0.29, 0.717) is 17.5 Å². The van der Waals surface area contributed by atoms with E-state index in [2.05, 4.69) is 156 Å². The second-order valence-corrected chi connectivity index (χ2v) is 14.0. The molecule has 0 N–H and O–H groups in total. The van der Waals surface area contributed by atoms with Crippen LogP contribution >= 0.6 is 0 Å². The van der Waals surface area contributed by atoms with Gasteiger partial charge in [-0.3, -0.25) is 0 Å². The lowest BCUT2D eigenvalue weighted by Crippen LogP contribution is -2.00. The van der Waals surface area contributed by atoms with Crippen molar-refractivity contribution in [3.63, 3.8) is 0 Å². The molecule has 0 aliphatic carbocycles. The zero-order valence-electron chi connectivity index (χ0n) is 30.2. The smallest absolute Gasteiger partial charge is 0.167 e. The lowest BCUT2D eigenvalue weighted by molar-refractivity contribution is 0.670. The molecule has 3 aromatic heterocycles. The Balaban J connectivity index is 1.09. The molecule has 0 saturated heterocycles. The highest BCUT2D eigenvalue weighted by molar-refractivity contribution is 6.14. The number of furan rings is 1. The van der Waals surface area contributed by atoms with Crippen LogP contribution in [-0.2, 0) is 0 Å². The van der Waals surface area contributed by atoms with E-state index >= 15 is 0 Å². The Morgan fingerprint density at radius 3 is 1.62 bits per heavy atom. The second-order valence-electron chi connectivity index (χ2n) is 14.0. The monoisotopic (exact) mass is 716 g/mol. The van der Waals surface area contributed by atoms with Gasteiger partial charge in [-0.2, -0.15) is 0 Å². The molecule has 5 heteroatoms. The summed E-state index contributed by atoms with van der Waals surface area (Å²) in [6.45, 7) is 0. The third-order valence-electron chi connectivity index (χ3n) is 10.7. The Labute approximate surface area is 322 Å². The number of aromatic nitrogens is 4. The summed E-state index contributed by atoms with van der Waals surface area (Å²) in [6.07, 6.45) is 0. The van der Waals surface area contributed by atoms with Crippen molar-refractivity contribution in [2.75, 3.05) is 0 Å². The number of para-hydroxylation sites is 4. The van der Waals surface area contributed by atoms with E-state index < -0.39 is 0 Å². The topological polar surface area (TPSA) is 56.7 Å². The van der Waals surface area contributed by atoms with Gasteiger partial charge < -0.3 is 8.98 Å². The minimum absolute atomic E-state index is 0.556. The SMILES string of the molecule is c1ccc(-c2cccc(-c3nc(-c4ccccc4)nc(-c4cccc5c4oc4c(-c6ccc7c(c6)c6ccccc6n7-c6ccccc6)cccc45)n3)c2)cc1. The van der Waals surface area contributed by atoms with Crippen LogP contribution in [0.4, 0.5) is 0 Å². The summed E-state index contributed by atoms with van der Waals surface area (Å²) in [5.41, 5.74) is 12.0. The molecule has 0 radical (unpaired) electrons. The lowest BCUT2D eigenvalue weighted by atomic mass is 10.00. The first-order valence-corrected chi connectivity index (χ1v) is 18.8. The van der Waals surface area contributed by atoms with E-state index in [9.17, 15) is 0 Å². The van der Waals surface area contributed by atoms with Crippen molar-refractivity contribution in [3.8, 4) is 62.1 Å². The van der Waals surface area contributed by atoms with Gasteiger partial charge in [0.05, 0.1) is 16.6 Å². The van der Waals surface area contributed by atoms with Gasteiger partial charge in [0.1, 0.15) is 11.2 Å². The van der Waals surface area contributed by atoms with Crippen LogP contribution < -0.4 is 0 Å². The van der Waals surface area contributed by atoms with Crippen LogP contribution in [0.3, 0.4) is 0 Å². The van der Waals surface area contributed by atoms with Crippen molar-refractivity contribution in [1.29, 1.82) is 0 Å². The first kappa shape index (κ1) is 31.9. The number of hydrogen-bond acceptors (Lipinski definition) is 4. The number of nitrogens with zero attached hydrogens (tertiary/aromatic N) is 4.